The molecule has 0 heterocycles. The number of amides is 1. The molecule has 0 aliphatic heterocycles. The zero-order valence-corrected chi connectivity index (χ0v) is 11.7. The Bertz CT molecular complexity index is 488. The third-order valence-corrected chi connectivity index (χ3v) is 2.64. The van der Waals surface area contributed by atoms with Gasteiger partial charge in [0.1, 0.15) is 5.75 Å². The number of rotatable bonds is 7. The molecule has 1 aromatic rings. The number of esters is 1. The summed E-state index contributed by atoms with van der Waals surface area (Å²) in [4.78, 5) is 23.2. The number of anilines is 1. The van der Waals surface area contributed by atoms with Crippen LogP contribution in [0.25, 0.3) is 0 Å². The summed E-state index contributed by atoms with van der Waals surface area (Å²) in [7, 11) is 0. The van der Waals surface area contributed by atoms with Crippen molar-refractivity contribution in [1.82, 2.24) is 0 Å². The van der Waals surface area contributed by atoms with Crippen LogP contribution in [-0.2, 0) is 9.53 Å². The largest absolute Gasteiger partial charge is 0.478 e. The van der Waals surface area contributed by atoms with Crippen LogP contribution >= 0.6 is 0 Å². The van der Waals surface area contributed by atoms with Crippen LogP contribution in [-0.4, -0.2) is 24.6 Å². The molecule has 1 amide bonds. The molecule has 1 rings (SSSR count). The second kappa shape index (κ2) is 7.37. The number of nitrogen functional groups attached to an aromatic ring is 1. The molecule has 1 atom stereocenters. The van der Waals surface area contributed by atoms with Crippen molar-refractivity contribution in [2.45, 2.75) is 32.8 Å². The Morgan fingerprint density at radius 2 is 2.00 bits per heavy atom. The molecule has 0 saturated carbocycles. The molecule has 6 nitrogen and oxygen atoms in total. The fourth-order valence-corrected chi connectivity index (χ4v) is 1.72. The van der Waals surface area contributed by atoms with Gasteiger partial charge in [-0.1, -0.05) is 13.3 Å². The Balaban J connectivity index is 2.98. The third kappa shape index (κ3) is 4.15. The molecule has 0 saturated heterocycles. The number of primary amides is 1. The molecule has 110 valence electrons. The van der Waals surface area contributed by atoms with Crippen LogP contribution in [0, 0.1) is 0 Å². The molecule has 0 aromatic heterocycles. The highest BCUT2D eigenvalue weighted by Crippen LogP contribution is 2.23. The van der Waals surface area contributed by atoms with Gasteiger partial charge < -0.3 is 20.9 Å². The summed E-state index contributed by atoms with van der Waals surface area (Å²) in [5.74, 6) is -0.883. The zero-order chi connectivity index (χ0) is 15.1. The summed E-state index contributed by atoms with van der Waals surface area (Å²) in [6, 6.07) is 4.53. The normalized spacial score (nSPS) is 11.7. The predicted octanol–water partition coefficient (Wildman–Crippen LogP) is 1.48. The Morgan fingerprint density at radius 1 is 1.30 bits per heavy atom. The van der Waals surface area contributed by atoms with Crippen LogP contribution in [0.1, 0.15) is 37.0 Å². The van der Waals surface area contributed by atoms with Gasteiger partial charge in [-0.3, -0.25) is 4.79 Å². The van der Waals surface area contributed by atoms with Crippen molar-refractivity contribution in [3.63, 3.8) is 0 Å². The van der Waals surface area contributed by atoms with Gasteiger partial charge in [0.15, 0.2) is 6.10 Å². The van der Waals surface area contributed by atoms with Crippen LogP contribution in [0.4, 0.5) is 5.69 Å². The maximum Gasteiger partial charge on any atom is 0.347 e. The molecule has 0 bridgehead atoms. The molecule has 0 aliphatic rings. The van der Waals surface area contributed by atoms with Crippen LogP contribution < -0.4 is 16.2 Å². The SMILES string of the molecule is CCCC(Oc1ccc(N)cc1C(N)=O)C(=O)OCC. The van der Waals surface area contributed by atoms with E-state index in [1.165, 1.54) is 12.1 Å². The van der Waals surface area contributed by atoms with E-state index >= 15 is 0 Å². The van der Waals surface area contributed by atoms with E-state index in [4.69, 9.17) is 20.9 Å². The third-order valence-electron chi connectivity index (χ3n) is 2.64. The van der Waals surface area contributed by atoms with E-state index in [2.05, 4.69) is 0 Å². The minimum absolute atomic E-state index is 0.149. The van der Waals surface area contributed by atoms with Crippen molar-refractivity contribution in [3.8, 4) is 5.75 Å². The van der Waals surface area contributed by atoms with Gasteiger partial charge in [-0.15, -0.1) is 0 Å². The first-order valence-corrected chi connectivity index (χ1v) is 6.52. The van der Waals surface area contributed by atoms with Gasteiger partial charge in [0.2, 0.25) is 0 Å². The van der Waals surface area contributed by atoms with Gasteiger partial charge in [-0.05, 0) is 31.5 Å². The molecular formula is C14H20N2O4. The number of ether oxygens (including phenoxy) is 2. The molecule has 1 aromatic carbocycles. The number of hydrogen-bond donors (Lipinski definition) is 2. The topological polar surface area (TPSA) is 105 Å². The summed E-state index contributed by atoms with van der Waals surface area (Å²) in [5, 5.41) is 0. The molecule has 0 radical (unpaired) electrons. The Hall–Kier alpha value is -2.24. The van der Waals surface area contributed by atoms with E-state index in [1.807, 2.05) is 6.92 Å². The summed E-state index contributed by atoms with van der Waals surface area (Å²) in [5.41, 5.74) is 11.4. The first kappa shape index (κ1) is 15.8. The van der Waals surface area contributed by atoms with E-state index < -0.39 is 18.0 Å². The van der Waals surface area contributed by atoms with Gasteiger partial charge in [0.25, 0.3) is 5.91 Å². The smallest absolute Gasteiger partial charge is 0.347 e. The van der Waals surface area contributed by atoms with E-state index in [0.717, 1.165) is 6.42 Å². The number of nitrogens with two attached hydrogens (primary N) is 2. The minimum Gasteiger partial charge on any atom is -0.478 e. The minimum atomic E-state index is -0.762. The average molecular weight is 280 g/mol. The van der Waals surface area contributed by atoms with Crippen molar-refractivity contribution < 1.29 is 19.1 Å². The van der Waals surface area contributed by atoms with E-state index in [0.29, 0.717) is 12.1 Å². The molecule has 0 aliphatic carbocycles. The van der Waals surface area contributed by atoms with Crippen LogP contribution in [0.3, 0.4) is 0 Å². The Kier molecular flexibility index (Phi) is 5.83. The van der Waals surface area contributed by atoms with Crippen LogP contribution in [0.2, 0.25) is 0 Å². The second-order valence-corrected chi connectivity index (χ2v) is 4.27. The van der Waals surface area contributed by atoms with Gasteiger partial charge in [0.05, 0.1) is 12.2 Å². The van der Waals surface area contributed by atoms with Crippen molar-refractivity contribution in [1.29, 1.82) is 0 Å². The number of hydrogen-bond acceptors (Lipinski definition) is 5. The van der Waals surface area contributed by atoms with Crippen molar-refractivity contribution >= 4 is 17.6 Å². The van der Waals surface area contributed by atoms with Gasteiger partial charge in [0, 0.05) is 5.69 Å². The van der Waals surface area contributed by atoms with E-state index in [1.54, 1.807) is 13.0 Å². The molecule has 0 spiro atoms. The Morgan fingerprint density at radius 3 is 2.55 bits per heavy atom. The lowest BCUT2D eigenvalue weighted by Gasteiger charge is -2.18. The fraction of sp³-hybridized carbons (Fsp3) is 0.429. The van der Waals surface area contributed by atoms with Crippen molar-refractivity contribution in [3.05, 3.63) is 23.8 Å². The summed E-state index contributed by atoms with van der Waals surface area (Å²) in [6.45, 7) is 3.92. The van der Waals surface area contributed by atoms with Crippen LogP contribution in [0.15, 0.2) is 18.2 Å². The first-order valence-electron chi connectivity index (χ1n) is 6.52. The molecule has 20 heavy (non-hydrogen) atoms. The monoisotopic (exact) mass is 280 g/mol. The molecule has 6 heteroatoms. The summed E-state index contributed by atoms with van der Waals surface area (Å²) < 4.78 is 10.5. The highest BCUT2D eigenvalue weighted by Gasteiger charge is 2.23. The highest BCUT2D eigenvalue weighted by molar-refractivity contribution is 5.96. The second-order valence-electron chi connectivity index (χ2n) is 4.27. The standard InChI is InChI=1S/C14H20N2O4/c1-3-5-12(14(18)19-4-2)20-11-7-6-9(15)8-10(11)13(16)17/h6-8,12H,3-5,15H2,1-2H3,(H2,16,17). The first-order chi connectivity index (χ1) is 9.49. The summed E-state index contributed by atoms with van der Waals surface area (Å²) in [6.07, 6.45) is 0.466. The van der Waals surface area contributed by atoms with Crippen LogP contribution in [0.5, 0.6) is 5.75 Å². The molecule has 0 fully saturated rings. The average Bonchev–Trinajstić information content (AvgIpc) is 2.40. The lowest BCUT2D eigenvalue weighted by atomic mass is 10.1. The molecule has 4 N–H and O–H groups in total. The van der Waals surface area contributed by atoms with Crippen molar-refractivity contribution in [2.75, 3.05) is 12.3 Å². The van der Waals surface area contributed by atoms with E-state index in [9.17, 15) is 9.59 Å². The number of carbonyl (C=O) groups excluding carboxylic acids is 2. The fourth-order valence-electron chi connectivity index (χ4n) is 1.72. The maximum absolute atomic E-state index is 11.8. The number of benzene rings is 1. The lowest BCUT2D eigenvalue weighted by molar-refractivity contribution is -0.151. The van der Waals surface area contributed by atoms with Gasteiger partial charge in [-0.25, -0.2) is 4.79 Å². The molecular weight excluding hydrogens is 260 g/mol. The molecule has 1 unspecified atom stereocenters. The Labute approximate surface area is 118 Å². The lowest BCUT2D eigenvalue weighted by Crippen LogP contribution is -2.30. The van der Waals surface area contributed by atoms with E-state index in [-0.39, 0.29) is 17.9 Å². The summed E-state index contributed by atoms with van der Waals surface area (Å²) >= 11 is 0. The van der Waals surface area contributed by atoms with Gasteiger partial charge >= 0.3 is 5.97 Å². The highest BCUT2D eigenvalue weighted by atomic mass is 16.6. The predicted molar refractivity (Wildman–Crippen MR) is 75.3 cm³/mol. The van der Waals surface area contributed by atoms with Gasteiger partial charge in [-0.2, -0.15) is 0 Å². The van der Waals surface area contributed by atoms with Crippen molar-refractivity contribution in [2.24, 2.45) is 5.73 Å². The number of carbonyl (C=O) groups is 2. The zero-order valence-electron chi connectivity index (χ0n) is 11.7. The maximum atomic E-state index is 11.8. The quantitative estimate of drug-likeness (QED) is 0.581.